The Bertz CT molecular complexity index is 1540. The number of anilines is 1. The predicted molar refractivity (Wildman–Crippen MR) is 189 cm³/mol. The molecule has 0 aromatic heterocycles. The van der Waals surface area contributed by atoms with Crippen molar-refractivity contribution in [3.63, 3.8) is 0 Å². The van der Waals surface area contributed by atoms with Crippen LogP contribution in [0.2, 0.25) is 5.02 Å². The van der Waals surface area contributed by atoms with E-state index in [9.17, 15) is 24.3 Å². The van der Waals surface area contributed by atoms with Crippen molar-refractivity contribution in [3.05, 3.63) is 46.5 Å². The Labute approximate surface area is 303 Å². The summed E-state index contributed by atoms with van der Waals surface area (Å²) in [6.07, 6.45) is 1.08. The summed E-state index contributed by atoms with van der Waals surface area (Å²) in [5, 5.41) is 14.4. The van der Waals surface area contributed by atoms with Gasteiger partial charge in [-0.05, 0) is 50.6 Å². The molecule has 4 rings (SSSR count). The summed E-state index contributed by atoms with van der Waals surface area (Å²) in [5.41, 5.74) is -0.903. The smallest absolute Gasteiger partial charge is 0.409 e. The fourth-order valence-electron chi connectivity index (χ4n) is 6.49. The lowest BCUT2D eigenvalue weighted by atomic mass is 9.83. The topological polar surface area (TPSA) is 156 Å². The monoisotopic (exact) mass is 737 g/mol. The minimum Gasteiger partial charge on any atom is -0.495 e. The number of esters is 1. The van der Waals surface area contributed by atoms with Crippen LogP contribution in [0.4, 0.5) is 10.5 Å². The molecule has 3 heterocycles. The Morgan fingerprint density at radius 3 is 2.62 bits per heavy atom. The highest BCUT2D eigenvalue weighted by Crippen LogP contribution is 2.49. The Kier molecular flexibility index (Phi) is 12.6. The van der Waals surface area contributed by atoms with Gasteiger partial charge in [0, 0.05) is 40.0 Å². The van der Waals surface area contributed by atoms with Crippen LogP contribution in [0.15, 0.2) is 35.9 Å². The number of halogens is 1. The van der Waals surface area contributed by atoms with Gasteiger partial charge in [-0.2, -0.15) is 12.6 Å². The third kappa shape index (κ3) is 8.42. The van der Waals surface area contributed by atoms with E-state index in [1.165, 1.54) is 38.0 Å². The maximum absolute atomic E-state index is 14.0. The van der Waals surface area contributed by atoms with Crippen LogP contribution >= 0.6 is 24.2 Å². The summed E-state index contributed by atoms with van der Waals surface area (Å²) in [6, 6.07) is 2.60. The molecule has 4 bridgehead atoms. The number of benzene rings is 1. The Morgan fingerprint density at radius 1 is 1.28 bits per heavy atom. The molecule has 0 spiro atoms. The molecular weight excluding hydrogens is 690 g/mol. The molecule has 276 valence electrons. The summed E-state index contributed by atoms with van der Waals surface area (Å²) >= 11 is 10.8. The number of nitrogens with one attached hydrogen (secondary N) is 1. The second kappa shape index (κ2) is 15.9. The summed E-state index contributed by atoms with van der Waals surface area (Å²) < 4.78 is 29.0. The second-order valence-electron chi connectivity index (χ2n) is 13.4. The molecule has 3 amide bonds. The number of aliphatic hydroxyl groups is 1. The highest BCUT2D eigenvalue weighted by atomic mass is 35.5. The van der Waals surface area contributed by atoms with Gasteiger partial charge in [-0.1, -0.05) is 42.3 Å². The van der Waals surface area contributed by atoms with Gasteiger partial charge in [-0.15, -0.1) is 0 Å². The lowest BCUT2D eigenvalue weighted by Gasteiger charge is -2.42. The zero-order chi connectivity index (χ0) is 37.1. The van der Waals surface area contributed by atoms with E-state index >= 15 is 0 Å². The highest BCUT2D eigenvalue weighted by Gasteiger charge is 2.64. The summed E-state index contributed by atoms with van der Waals surface area (Å²) in [5.74, 6) is -1.30. The Morgan fingerprint density at radius 2 is 1.98 bits per heavy atom. The van der Waals surface area contributed by atoms with Crippen LogP contribution in [-0.2, 0) is 39.8 Å². The maximum atomic E-state index is 14.0. The number of alkyl carbamates (subject to hydrolysis) is 1. The number of hydrogen-bond acceptors (Lipinski definition) is 11. The molecule has 2 saturated heterocycles. The Hall–Kier alpha value is -3.30. The SMILES string of the molecule is COc1cc2cc(c1Cl)N(C)C(=O)C[C@H](OC(=O)[C@H](C)N(C)C(=O)CCS)[C@]1(C)O[C@H]1[C@H](C)[C@@H]1C[C@@](O)(NC(=O)O1)[C@H](OC)C=CC=C(C)C2. The number of epoxide rings is 1. The van der Waals surface area contributed by atoms with Gasteiger partial charge >= 0.3 is 12.1 Å². The van der Waals surface area contributed by atoms with Crippen LogP contribution in [0.5, 0.6) is 5.75 Å². The van der Waals surface area contributed by atoms with Crippen molar-refractivity contribution in [2.45, 2.75) is 95.2 Å². The van der Waals surface area contributed by atoms with Crippen LogP contribution in [0.25, 0.3) is 0 Å². The van der Waals surface area contributed by atoms with E-state index < -0.39 is 65.7 Å². The molecular formula is C35H48ClN3O10S. The number of methoxy groups -OCH3 is 2. The number of likely N-dealkylation sites (N-methyl/N-ethyl adjacent to an activating group) is 1. The zero-order valence-electron chi connectivity index (χ0n) is 29.7. The van der Waals surface area contributed by atoms with Gasteiger partial charge in [0.05, 0.1) is 25.3 Å². The number of allylic oxidation sites excluding steroid dienone is 3. The minimum absolute atomic E-state index is 0.0489. The van der Waals surface area contributed by atoms with Crippen LogP contribution in [0.3, 0.4) is 0 Å². The predicted octanol–water partition coefficient (Wildman–Crippen LogP) is 3.83. The van der Waals surface area contributed by atoms with Crippen molar-refractivity contribution < 1.29 is 48.0 Å². The van der Waals surface area contributed by atoms with Gasteiger partial charge in [-0.25, -0.2) is 9.59 Å². The third-order valence-electron chi connectivity index (χ3n) is 9.85. The first-order chi connectivity index (χ1) is 23.5. The van der Waals surface area contributed by atoms with Crippen molar-refractivity contribution >= 4 is 53.8 Å². The van der Waals surface area contributed by atoms with Crippen molar-refractivity contribution in [1.82, 2.24) is 10.2 Å². The van der Waals surface area contributed by atoms with Gasteiger partial charge in [0.15, 0.2) is 5.72 Å². The number of fused-ring (bicyclic) bond motifs is 5. The summed E-state index contributed by atoms with van der Waals surface area (Å²) in [7, 11) is 5.98. The first-order valence-corrected chi connectivity index (χ1v) is 17.5. The number of rotatable bonds is 7. The van der Waals surface area contributed by atoms with Crippen molar-refractivity contribution in [2.24, 2.45) is 5.92 Å². The number of thiol groups is 1. The lowest BCUT2D eigenvalue weighted by molar-refractivity contribution is -0.161. The minimum atomic E-state index is -1.82. The van der Waals surface area contributed by atoms with E-state index in [-0.39, 0.29) is 30.2 Å². The molecule has 50 heavy (non-hydrogen) atoms. The molecule has 8 atom stereocenters. The van der Waals surface area contributed by atoms with Gasteiger partial charge in [0.1, 0.15) is 40.7 Å². The van der Waals surface area contributed by atoms with Crippen molar-refractivity contribution in [1.29, 1.82) is 0 Å². The van der Waals surface area contributed by atoms with Crippen LogP contribution in [-0.4, -0.2) is 110 Å². The Balaban J connectivity index is 1.78. The van der Waals surface area contributed by atoms with Gasteiger partial charge in [0.25, 0.3) is 0 Å². The molecule has 1 aromatic carbocycles. The summed E-state index contributed by atoms with van der Waals surface area (Å²) in [6.45, 7) is 6.96. The molecule has 3 aliphatic heterocycles. The molecule has 3 aliphatic rings. The van der Waals surface area contributed by atoms with Gasteiger partial charge < -0.3 is 38.6 Å². The third-order valence-corrected chi connectivity index (χ3v) is 10.5. The molecule has 13 nitrogen and oxygen atoms in total. The number of carbonyl (C=O) groups is 4. The van der Waals surface area contributed by atoms with Crippen molar-refractivity contribution in [3.8, 4) is 5.75 Å². The first-order valence-electron chi connectivity index (χ1n) is 16.4. The number of ether oxygens (including phenoxy) is 5. The fourth-order valence-corrected chi connectivity index (χ4v) is 6.99. The number of hydrogen-bond donors (Lipinski definition) is 3. The van der Waals surface area contributed by atoms with E-state index in [4.69, 9.17) is 35.3 Å². The summed E-state index contributed by atoms with van der Waals surface area (Å²) in [4.78, 5) is 55.6. The molecule has 0 radical (unpaired) electrons. The number of carbonyl (C=O) groups excluding carboxylic acids is 4. The zero-order valence-corrected chi connectivity index (χ0v) is 31.4. The molecule has 1 aromatic rings. The van der Waals surface area contributed by atoms with Gasteiger partial charge in [0.2, 0.25) is 11.8 Å². The fraction of sp³-hybridized carbons (Fsp3) is 0.600. The largest absolute Gasteiger partial charge is 0.495 e. The highest BCUT2D eigenvalue weighted by molar-refractivity contribution is 7.80. The van der Waals surface area contributed by atoms with E-state index in [0.717, 1.165) is 11.1 Å². The van der Waals surface area contributed by atoms with Crippen LogP contribution in [0.1, 0.15) is 52.5 Å². The van der Waals surface area contributed by atoms with E-state index in [1.807, 2.05) is 13.0 Å². The molecule has 2 fully saturated rings. The normalized spacial score (nSPS) is 30.7. The molecule has 15 heteroatoms. The maximum Gasteiger partial charge on any atom is 0.409 e. The van der Waals surface area contributed by atoms with E-state index in [2.05, 4.69) is 17.9 Å². The standard InChI is InChI=1S/C35H48ClN3O10S/c1-19-10-9-11-26(46-8)35(44)18-25(47-33(43)37-35)20(2)31-34(4,49-31)27(48-32(42)21(3)38(5)28(40)12-13-50)17-29(41)39(6)23-15-22(14-19)16-24(45-7)30(23)36/h9-11,15-16,20-21,25-27,31,44,50H,12-14,17-18H2,1-8H3,(H,37,43)/t20-,21+,25+,26-,27+,31+,34+,35+/m1/s1. The molecule has 0 aliphatic carbocycles. The lowest BCUT2D eigenvalue weighted by Crippen LogP contribution is -2.63. The molecule has 2 N–H and O–H groups in total. The number of nitrogens with zero attached hydrogens (tertiary/aromatic N) is 2. The quantitative estimate of drug-likeness (QED) is 0.214. The van der Waals surface area contributed by atoms with Crippen LogP contribution in [0, 0.1) is 5.92 Å². The average Bonchev–Trinajstić information content (AvgIpc) is 3.76. The number of amides is 3. The van der Waals surface area contributed by atoms with E-state index in [1.54, 1.807) is 45.2 Å². The second-order valence-corrected chi connectivity index (χ2v) is 14.2. The average molecular weight is 738 g/mol. The van der Waals surface area contributed by atoms with Crippen molar-refractivity contribution in [2.75, 3.05) is 39.0 Å². The van der Waals surface area contributed by atoms with Gasteiger partial charge in [-0.3, -0.25) is 14.9 Å². The molecule has 0 saturated carbocycles. The molecule has 0 unspecified atom stereocenters. The van der Waals surface area contributed by atoms with Crippen LogP contribution < -0.4 is 15.0 Å². The first kappa shape index (κ1) is 39.5. The van der Waals surface area contributed by atoms with E-state index in [0.29, 0.717) is 23.6 Å².